The highest BCUT2D eigenvalue weighted by atomic mass is 79.9. The third-order valence-corrected chi connectivity index (χ3v) is 5.49. The molecule has 0 aliphatic rings. The van der Waals surface area contributed by atoms with Gasteiger partial charge in [0.15, 0.2) is 0 Å². The minimum Gasteiger partial charge on any atom is -0.478 e. The van der Waals surface area contributed by atoms with Crippen LogP contribution in [0.1, 0.15) is 49.2 Å². The quantitative estimate of drug-likeness (QED) is 0.362. The summed E-state index contributed by atoms with van der Waals surface area (Å²) in [6.07, 6.45) is 0. The van der Waals surface area contributed by atoms with Gasteiger partial charge >= 0.3 is 11.9 Å². The Morgan fingerprint density at radius 1 is 1.00 bits per heavy atom. The van der Waals surface area contributed by atoms with Crippen LogP contribution in [0.15, 0.2) is 46.9 Å². The number of carboxylic acid groups (broad SMARTS) is 1. The Morgan fingerprint density at radius 3 is 2.14 bits per heavy atom. The van der Waals surface area contributed by atoms with Crippen molar-refractivity contribution in [2.24, 2.45) is 0 Å². The van der Waals surface area contributed by atoms with E-state index in [1.165, 1.54) is 6.92 Å². The summed E-state index contributed by atoms with van der Waals surface area (Å²) in [4.78, 5) is 24.0. The number of carbonyl (C=O) groups is 2. The fraction of sp³-hybridized carbons (Fsp3) is 0.250. The van der Waals surface area contributed by atoms with E-state index in [4.69, 9.17) is 4.74 Å². The molecule has 0 spiro atoms. The monoisotopic (exact) mass is 454 g/mol. The van der Waals surface area contributed by atoms with Crippen LogP contribution in [-0.2, 0) is 10.2 Å². The molecule has 0 aromatic heterocycles. The fourth-order valence-corrected chi connectivity index (χ4v) is 3.78. The van der Waals surface area contributed by atoms with Crippen molar-refractivity contribution in [3.8, 4) is 16.9 Å². The molecule has 0 saturated carbocycles. The Bertz CT molecular complexity index is 1120. The van der Waals surface area contributed by atoms with Crippen molar-refractivity contribution in [1.29, 1.82) is 0 Å². The Hall–Kier alpha value is -2.66. The van der Waals surface area contributed by atoms with Crippen molar-refractivity contribution in [3.05, 3.63) is 63.6 Å². The molecule has 3 aromatic carbocycles. The van der Waals surface area contributed by atoms with Crippen LogP contribution in [0, 0.1) is 6.92 Å². The zero-order valence-corrected chi connectivity index (χ0v) is 18.7. The minimum absolute atomic E-state index is 0.124. The van der Waals surface area contributed by atoms with Gasteiger partial charge in [-0.05, 0) is 47.1 Å². The predicted molar refractivity (Wildman–Crippen MR) is 119 cm³/mol. The van der Waals surface area contributed by atoms with Crippen LogP contribution in [0.4, 0.5) is 0 Å². The summed E-state index contributed by atoms with van der Waals surface area (Å²) in [5.41, 5.74) is 2.93. The first kappa shape index (κ1) is 21.1. The SMILES string of the molecule is CC(=O)Oc1c(C)c(C(=O)O)c(-c2ccc(Br)cc2)c2cc(C(C)(C)C)ccc12. The molecule has 0 aliphatic heterocycles. The van der Waals surface area contributed by atoms with Gasteiger partial charge in [0.25, 0.3) is 0 Å². The van der Waals surface area contributed by atoms with E-state index in [1.807, 2.05) is 42.5 Å². The second-order valence-electron chi connectivity index (χ2n) is 8.12. The maximum Gasteiger partial charge on any atom is 0.336 e. The molecule has 0 saturated heterocycles. The lowest BCUT2D eigenvalue weighted by atomic mass is 9.82. The van der Waals surface area contributed by atoms with Crippen LogP contribution in [0.25, 0.3) is 21.9 Å². The van der Waals surface area contributed by atoms with Gasteiger partial charge in [0.1, 0.15) is 5.75 Å². The van der Waals surface area contributed by atoms with E-state index >= 15 is 0 Å². The summed E-state index contributed by atoms with van der Waals surface area (Å²) in [6.45, 7) is 9.31. The lowest BCUT2D eigenvalue weighted by molar-refractivity contribution is -0.131. The number of halogens is 1. The van der Waals surface area contributed by atoms with Gasteiger partial charge in [-0.25, -0.2) is 4.79 Å². The number of ether oxygens (including phenoxy) is 1. The second kappa shape index (κ2) is 7.64. The molecule has 3 rings (SSSR count). The number of esters is 1. The van der Waals surface area contributed by atoms with E-state index in [2.05, 4.69) is 36.7 Å². The Labute approximate surface area is 178 Å². The summed E-state index contributed by atoms with van der Waals surface area (Å²) in [5.74, 6) is -1.25. The highest BCUT2D eigenvalue weighted by Crippen LogP contribution is 2.43. The lowest BCUT2D eigenvalue weighted by Gasteiger charge is -2.23. The summed E-state index contributed by atoms with van der Waals surface area (Å²) in [6, 6.07) is 13.5. The van der Waals surface area contributed by atoms with Crippen molar-refractivity contribution >= 4 is 38.6 Å². The molecule has 0 radical (unpaired) electrons. The van der Waals surface area contributed by atoms with Gasteiger partial charge in [0.05, 0.1) is 5.56 Å². The Balaban J connectivity index is 2.53. The first-order valence-corrected chi connectivity index (χ1v) is 10.1. The van der Waals surface area contributed by atoms with Gasteiger partial charge in [-0.1, -0.05) is 61.0 Å². The number of benzene rings is 3. The van der Waals surface area contributed by atoms with Gasteiger partial charge in [0.2, 0.25) is 0 Å². The number of carboxylic acids is 1. The van der Waals surface area contributed by atoms with E-state index in [-0.39, 0.29) is 11.0 Å². The van der Waals surface area contributed by atoms with Gasteiger partial charge in [-0.15, -0.1) is 0 Å². The van der Waals surface area contributed by atoms with E-state index in [0.717, 1.165) is 21.0 Å². The van der Waals surface area contributed by atoms with Gasteiger partial charge in [0, 0.05) is 27.9 Å². The molecule has 4 nitrogen and oxygen atoms in total. The van der Waals surface area contributed by atoms with E-state index in [1.54, 1.807) is 6.92 Å². The topological polar surface area (TPSA) is 63.6 Å². The van der Waals surface area contributed by atoms with Crippen LogP contribution < -0.4 is 4.74 Å². The molecule has 0 fully saturated rings. The van der Waals surface area contributed by atoms with Crippen LogP contribution in [0.2, 0.25) is 0 Å². The lowest BCUT2D eigenvalue weighted by Crippen LogP contribution is -2.13. The molecule has 0 heterocycles. The zero-order chi connectivity index (χ0) is 21.5. The molecule has 0 amide bonds. The number of rotatable bonds is 3. The van der Waals surface area contributed by atoms with E-state index in [0.29, 0.717) is 22.3 Å². The maximum absolute atomic E-state index is 12.3. The molecule has 0 atom stereocenters. The zero-order valence-electron chi connectivity index (χ0n) is 17.1. The molecule has 0 bridgehead atoms. The van der Waals surface area contributed by atoms with Crippen molar-refractivity contribution in [3.63, 3.8) is 0 Å². The standard InChI is InChI=1S/C24H23BrO4/c1-13-20(23(27)28)21(15-6-9-17(25)10-7-15)19-12-16(24(3,4)5)8-11-18(19)22(13)29-14(2)26/h6-12H,1-5H3,(H,27,28). The predicted octanol–water partition coefficient (Wildman–Crippen LogP) is 6.50. The largest absolute Gasteiger partial charge is 0.478 e. The second-order valence-corrected chi connectivity index (χ2v) is 9.04. The Kier molecular flexibility index (Phi) is 5.54. The number of hydrogen-bond donors (Lipinski definition) is 1. The number of fused-ring (bicyclic) bond motifs is 1. The van der Waals surface area contributed by atoms with E-state index in [9.17, 15) is 14.7 Å². The van der Waals surface area contributed by atoms with Crippen LogP contribution in [0.3, 0.4) is 0 Å². The summed E-state index contributed by atoms with van der Waals surface area (Å²) >= 11 is 3.43. The molecular formula is C24H23BrO4. The smallest absolute Gasteiger partial charge is 0.336 e. The summed E-state index contributed by atoms with van der Waals surface area (Å²) in [5, 5.41) is 11.5. The van der Waals surface area contributed by atoms with Crippen molar-refractivity contribution in [1.82, 2.24) is 0 Å². The van der Waals surface area contributed by atoms with Crippen LogP contribution in [0.5, 0.6) is 5.75 Å². The number of hydrogen-bond acceptors (Lipinski definition) is 3. The molecule has 0 aliphatic carbocycles. The van der Waals surface area contributed by atoms with Crippen molar-refractivity contribution < 1.29 is 19.4 Å². The molecule has 1 N–H and O–H groups in total. The molecule has 29 heavy (non-hydrogen) atoms. The third kappa shape index (κ3) is 4.06. The molecule has 150 valence electrons. The third-order valence-electron chi connectivity index (χ3n) is 4.96. The number of aromatic carboxylic acids is 1. The first-order chi connectivity index (χ1) is 13.5. The van der Waals surface area contributed by atoms with Gasteiger partial charge in [-0.2, -0.15) is 0 Å². The normalized spacial score (nSPS) is 11.5. The Morgan fingerprint density at radius 2 is 1.62 bits per heavy atom. The van der Waals surface area contributed by atoms with Gasteiger partial charge in [-0.3, -0.25) is 4.79 Å². The summed E-state index contributed by atoms with van der Waals surface area (Å²) < 4.78 is 6.38. The van der Waals surface area contributed by atoms with Gasteiger partial charge < -0.3 is 9.84 Å². The highest BCUT2D eigenvalue weighted by molar-refractivity contribution is 9.10. The maximum atomic E-state index is 12.3. The first-order valence-electron chi connectivity index (χ1n) is 9.29. The fourth-order valence-electron chi connectivity index (χ4n) is 3.51. The molecule has 0 unspecified atom stereocenters. The average Bonchev–Trinajstić information content (AvgIpc) is 2.62. The van der Waals surface area contributed by atoms with Crippen molar-refractivity contribution in [2.75, 3.05) is 0 Å². The average molecular weight is 455 g/mol. The van der Waals surface area contributed by atoms with Crippen LogP contribution >= 0.6 is 15.9 Å². The minimum atomic E-state index is -1.06. The molecule has 3 aromatic rings. The molecular weight excluding hydrogens is 432 g/mol. The van der Waals surface area contributed by atoms with E-state index < -0.39 is 11.9 Å². The van der Waals surface area contributed by atoms with Crippen molar-refractivity contribution in [2.45, 2.75) is 40.0 Å². The molecule has 5 heteroatoms. The summed E-state index contributed by atoms with van der Waals surface area (Å²) in [7, 11) is 0. The van der Waals surface area contributed by atoms with Crippen LogP contribution in [-0.4, -0.2) is 17.0 Å². The number of carbonyl (C=O) groups excluding carboxylic acids is 1. The highest BCUT2D eigenvalue weighted by Gasteiger charge is 2.25.